The minimum absolute atomic E-state index is 0.0550. The Morgan fingerprint density at radius 2 is 1.88 bits per heavy atom. The van der Waals surface area contributed by atoms with Crippen molar-refractivity contribution in [1.82, 2.24) is 10.6 Å². The summed E-state index contributed by atoms with van der Waals surface area (Å²) in [6.45, 7) is 5.98. The molecule has 2 N–H and O–H groups in total. The van der Waals surface area contributed by atoms with Gasteiger partial charge in [0.05, 0.1) is 7.11 Å². The first-order valence-electron chi connectivity index (χ1n) is 10.9. The number of aliphatic imine (C=N–C) groups is 1. The summed E-state index contributed by atoms with van der Waals surface area (Å²) in [4.78, 5) is 40.1. The molecule has 2 unspecified atom stereocenters. The largest absolute Gasteiger partial charge is 0.477 e. The van der Waals surface area contributed by atoms with Crippen LogP contribution in [-0.4, -0.2) is 62.0 Å². The Bertz CT molecular complexity index is 821. The molecule has 10 nitrogen and oxygen atoms in total. The molecule has 0 radical (unpaired) electrons. The number of methoxy groups -OCH3 is 1. The fraction of sp³-hybridized carbons (Fsp3) is 0.565. The predicted molar refractivity (Wildman–Crippen MR) is 121 cm³/mol. The van der Waals surface area contributed by atoms with Gasteiger partial charge in [0.2, 0.25) is 5.90 Å². The number of rotatable bonds is 10. The lowest BCUT2D eigenvalue weighted by Gasteiger charge is -2.20. The van der Waals surface area contributed by atoms with E-state index >= 15 is 0 Å². The lowest BCUT2D eigenvalue weighted by molar-refractivity contribution is -0.142. The summed E-state index contributed by atoms with van der Waals surface area (Å²) in [6, 6.07) is 7.97. The predicted octanol–water partition coefficient (Wildman–Crippen LogP) is 2.95. The second-order valence-corrected chi connectivity index (χ2v) is 8.50. The first kappa shape index (κ1) is 26.0. The fourth-order valence-electron chi connectivity index (χ4n) is 2.98. The van der Waals surface area contributed by atoms with E-state index in [4.69, 9.17) is 18.9 Å². The highest BCUT2D eigenvalue weighted by Crippen LogP contribution is 2.14. The molecular formula is C23H33N3O7. The van der Waals surface area contributed by atoms with Gasteiger partial charge in [0.25, 0.3) is 0 Å². The Kier molecular flexibility index (Phi) is 9.96. The van der Waals surface area contributed by atoms with Crippen LogP contribution in [0.15, 0.2) is 35.3 Å². The Labute approximate surface area is 194 Å². The second kappa shape index (κ2) is 12.7. The molecule has 0 fully saturated rings. The van der Waals surface area contributed by atoms with Gasteiger partial charge in [-0.05, 0) is 45.6 Å². The lowest BCUT2D eigenvalue weighted by atomic mass is 10.1. The molecule has 1 aliphatic heterocycles. The zero-order valence-corrected chi connectivity index (χ0v) is 19.6. The van der Waals surface area contributed by atoms with Crippen LogP contribution in [0.3, 0.4) is 0 Å². The lowest BCUT2D eigenvalue weighted by Crippen LogP contribution is -2.41. The van der Waals surface area contributed by atoms with Crippen molar-refractivity contribution in [2.75, 3.05) is 20.3 Å². The van der Waals surface area contributed by atoms with E-state index in [-0.39, 0.29) is 19.1 Å². The Morgan fingerprint density at radius 1 is 1.15 bits per heavy atom. The Balaban J connectivity index is 1.87. The molecule has 1 heterocycles. The van der Waals surface area contributed by atoms with Crippen molar-refractivity contribution in [3.05, 3.63) is 35.9 Å². The van der Waals surface area contributed by atoms with Crippen LogP contribution in [0.5, 0.6) is 0 Å². The quantitative estimate of drug-likeness (QED) is 0.310. The normalized spacial score (nSPS) is 16.1. The summed E-state index contributed by atoms with van der Waals surface area (Å²) in [5.74, 6) is -0.251. The molecule has 0 saturated heterocycles. The average Bonchev–Trinajstić information content (AvgIpc) is 3.26. The third kappa shape index (κ3) is 9.80. The van der Waals surface area contributed by atoms with Crippen molar-refractivity contribution in [3.8, 4) is 0 Å². The number of carbonyl (C=O) groups is 3. The molecule has 0 aliphatic carbocycles. The minimum Gasteiger partial charge on any atom is -0.477 e. The Hall–Kier alpha value is -3.30. The van der Waals surface area contributed by atoms with Gasteiger partial charge in [0.1, 0.15) is 24.9 Å². The summed E-state index contributed by atoms with van der Waals surface area (Å²) in [6.07, 6.45) is 0.660. The number of alkyl carbamates (subject to hydrolysis) is 2. The van der Waals surface area contributed by atoms with Gasteiger partial charge in [-0.2, -0.15) is 0 Å². The number of ether oxygens (including phenoxy) is 4. The molecule has 0 bridgehead atoms. The van der Waals surface area contributed by atoms with Crippen LogP contribution in [-0.2, 0) is 30.3 Å². The van der Waals surface area contributed by atoms with Crippen molar-refractivity contribution in [3.63, 3.8) is 0 Å². The summed E-state index contributed by atoms with van der Waals surface area (Å²) >= 11 is 0. The third-order valence-corrected chi connectivity index (χ3v) is 4.54. The maximum Gasteiger partial charge on any atom is 0.408 e. The summed E-state index contributed by atoms with van der Waals surface area (Å²) in [7, 11) is 1.28. The number of carbonyl (C=O) groups excluding carboxylic acids is 3. The SMILES string of the molecule is COC(=O)C1COC(C(CCCCNC(=O)OC(C)(C)C)NC(=O)OCc2ccccc2)=N1. The molecule has 1 aromatic rings. The molecule has 33 heavy (non-hydrogen) atoms. The topological polar surface area (TPSA) is 125 Å². The molecule has 0 saturated carbocycles. The van der Waals surface area contributed by atoms with Crippen molar-refractivity contribution in [2.24, 2.45) is 4.99 Å². The third-order valence-electron chi connectivity index (χ3n) is 4.54. The number of nitrogens with one attached hydrogen (secondary N) is 2. The van der Waals surface area contributed by atoms with E-state index in [1.54, 1.807) is 20.8 Å². The number of hydrogen-bond donors (Lipinski definition) is 2. The number of benzene rings is 1. The van der Waals surface area contributed by atoms with Crippen LogP contribution in [0, 0.1) is 0 Å². The van der Waals surface area contributed by atoms with Crippen LogP contribution >= 0.6 is 0 Å². The monoisotopic (exact) mass is 463 g/mol. The molecule has 10 heteroatoms. The van der Waals surface area contributed by atoms with Gasteiger partial charge in [-0.3, -0.25) is 0 Å². The van der Waals surface area contributed by atoms with Gasteiger partial charge < -0.3 is 29.6 Å². The first-order valence-corrected chi connectivity index (χ1v) is 10.9. The van der Waals surface area contributed by atoms with Gasteiger partial charge in [0, 0.05) is 6.54 Å². The Morgan fingerprint density at radius 3 is 2.55 bits per heavy atom. The second-order valence-electron chi connectivity index (χ2n) is 8.50. The van der Waals surface area contributed by atoms with Crippen molar-refractivity contribution < 1.29 is 33.3 Å². The summed E-state index contributed by atoms with van der Waals surface area (Å²) in [5, 5.41) is 5.45. The van der Waals surface area contributed by atoms with E-state index in [0.717, 1.165) is 5.56 Å². The smallest absolute Gasteiger partial charge is 0.408 e. The van der Waals surface area contributed by atoms with E-state index in [0.29, 0.717) is 25.8 Å². The molecule has 2 rings (SSSR count). The molecule has 1 aromatic carbocycles. The molecule has 2 amide bonds. The molecule has 0 aromatic heterocycles. The average molecular weight is 464 g/mol. The summed E-state index contributed by atoms with van der Waals surface area (Å²) < 4.78 is 20.8. The minimum atomic E-state index is -0.761. The number of esters is 1. The van der Waals surface area contributed by atoms with E-state index in [9.17, 15) is 14.4 Å². The van der Waals surface area contributed by atoms with Crippen LogP contribution in [0.2, 0.25) is 0 Å². The van der Waals surface area contributed by atoms with E-state index < -0.39 is 35.8 Å². The van der Waals surface area contributed by atoms with Crippen molar-refractivity contribution in [2.45, 2.75) is 64.3 Å². The number of hydrogen-bond acceptors (Lipinski definition) is 8. The van der Waals surface area contributed by atoms with E-state index in [1.807, 2.05) is 30.3 Å². The van der Waals surface area contributed by atoms with Gasteiger partial charge in [-0.25, -0.2) is 19.4 Å². The van der Waals surface area contributed by atoms with E-state index in [2.05, 4.69) is 15.6 Å². The molecule has 182 valence electrons. The highest BCUT2D eigenvalue weighted by Gasteiger charge is 2.31. The molecule has 2 atom stereocenters. The molecular weight excluding hydrogens is 430 g/mol. The van der Waals surface area contributed by atoms with Crippen LogP contribution in [0.1, 0.15) is 45.6 Å². The zero-order chi connectivity index (χ0) is 24.3. The van der Waals surface area contributed by atoms with Crippen molar-refractivity contribution in [1.29, 1.82) is 0 Å². The number of unbranched alkanes of at least 4 members (excludes halogenated alkanes) is 1. The standard InChI is InChI=1S/C23H33N3O7/c1-23(2,3)33-21(28)24-13-9-8-12-17(19-25-18(15-31-19)20(27)30-4)26-22(29)32-14-16-10-6-5-7-11-16/h5-7,10-11,17-18H,8-9,12-15H2,1-4H3,(H,24,28)(H,26,29). The first-order chi connectivity index (χ1) is 15.7. The highest BCUT2D eigenvalue weighted by molar-refractivity contribution is 5.90. The van der Waals surface area contributed by atoms with Gasteiger partial charge in [-0.15, -0.1) is 0 Å². The zero-order valence-electron chi connectivity index (χ0n) is 19.6. The van der Waals surface area contributed by atoms with Crippen molar-refractivity contribution >= 4 is 24.1 Å². The van der Waals surface area contributed by atoms with Gasteiger partial charge in [-0.1, -0.05) is 30.3 Å². The molecule has 1 aliphatic rings. The number of amides is 2. The van der Waals surface area contributed by atoms with Crippen LogP contribution < -0.4 is 10.6 Å². The van der Waals surface area contributed by atoms with E-state index in [1.165, 1.54) is 7.11 Å². The molecule has 0 spiro atoms. The van der Waals surface area contributed by atoms with Gasteiger partial charge in [0.15, 0.2) is 6.04 Å². The maximum absolute atomic E-state index is 12.4. The van der Waals surface area contributed by atoms with Crippen LogP contribution in [0.4, 0.5) is 9.59 Å². The highest BCUT2D eigenvalue weighted by atomic mass is 16.6. The van der Waals surface area contributed by atoms with Crippen LogP contribution in [0.25, 0.3) is 0 Å². The number of nitrogens with zero attached hydrogens (tertiary/aromatic N) is 1. The van der Waals surface area contributed by atoms with Gasteiger partial charge >= 0.3 is 18.2 Å². The fourth-order valence-corrected chi connectivity index (χ4v) is 2.98. The summed E-state index contributed by atoms with van der Waals surface area (Å²) in [5.41, 5.74) is 0.297. The maximum atomic E-state index is 12.4.